The third-order valence-electron chi connectivity index (χ3n) is 3.32. The minimum Gasteiger partial charge on any atom is -0.508 e. The first-order chi connectivity index (χ1) is 9.67. The number of halogens is 1. The minimum absolute atomic E-state index is 0.281. The molecule has 102 valence electrons. The number of aromatic hydroxyl groups is 1. The van der Waals surface area contributed by atoms with E-state index in [2.05, 4.69) is 4.57 Å². The Morgan fingerprint density at radius 3 is 2.80 bits per heavy atom. The monoisotopic (exact) mass is 287 g/mol. The number of fused-ring (bicyclic) bond motifs is 1. The van der Waals surface area contributed by atoms with E-state index in [0.717, 1.165) is 23.0 Å². The fourth-order valence-corrected chi connectivity index (χ4v) is 2.52. The highest BCUT2D eigenvalue weighted by Crippen LogP contribution is 2.27. The molecule has 0 aliphatic heterocycles. The zero-order valence-corrected chi connectivity index (χ0v) is 11.8. The van der Waals surface area contributed by atoms with Crippen LogP contribution in [0.1, 0.15) is 5.56 Å². The molecule has 0 unspecified atom stereocenters. The normalized spacial score (nSPS) is 10.9. The van der Waals surface area contributed by atoms with E-state index in [-0.39, 0.29) is 5.75 Å². The third kappa shape index (κ3) is 2.32. The van der Waals surface area contributed by atoms with E-state index in [1.807, 2.05) is 36.5 Å². The summed E-state index contributed by atoms with van der Waals surface area (Å²) in [6.45, 7) is 0.724. The Labute approximate surface area is 122 Å². The second-order valence-electron chi connectivity index (χ2n) is 4.66. The maximum absolute atomic E-state index is 9.49. The summed E-state index contributed by atoms with van der Waals surface area (Å²) in [4.78, 5) is 0. The van der Waals surface area contributed by atoms with Gasteiger partial charge in [0.15, 0.2) is 0 Å². The quantitative estimate of drug-likeness (QED) is 0.788. The Bertz CT molecular complexity index is 764. The average Bonchev–Trinajstić information content (AvgIpc) is 2.83. The fourth-order valence-electron chi connectivity index (χ4n) is 2.32. The summed E-state index contributed by atoms with van der Waals surface area (Å²) >= 11 is 6.03. The van der Waals surface area contributed by atoms with E-state index in [1.165, 1.54) is 0 Å². The van der Waals surface area contributed by atoms with Crippen LogP contribution in [0.3, 0.4) is 0 Å². The number of ether oxygens (including phenoxy) is 1. The van der Waals surface area contributed by atoms with Gasteiger partial charge in [0.25, 0.3) is 0 Å². The number of rotatable bonds is 3. The molecule has 4 heteroatoms. The highest BCUT2D eigenvalue weighted by Gasteiger charge is 2.05. The standard InChI is InChI=1S/C16H14ClNO2/c1-20-16-8-11(2-4-14(16)17)10-18-7-6-12-9-13(19)3-5-15(12)18/h2-9,19H,10H2,1H3. The van der Waals surface area contributed by atoms with E-state index in [0.29, 0.717) is 10.8 Å². The molecule has 20 heavy (non-hydrogen) atoms. The summed E-state index contributed by atoms with van der Waals surface area (Å²) in [6.07, 6.45) is 2.01. The van der Waals surface area contributed by atoms with Gasteiger partial charge in [-0.3, -0.25) is 0 Å². The van der Waals surface area contributed by atoms with Gasteiger partial charge >= 0.3 is 0 Å². The van der Waals surface area contributed by atoms with E-state index in [4.69, 9.17) is 16.3 Å². The van der Waals surface area contributed by atoms with Crippen LogP contribution in [0.15, 0.2) is 48.7 Å². The molecule has 0 bridgehead atoms. The maximum atomic E-state index is 9.49. The van der Waals surface area contributed by atoms with Crippen molar-refractivity contribution in [1.82, 2.24) is 4.57 Å². The van der Waals surface area contributed by atoms with Crippen molar-refractivity contribution in [2.24, 2.45) is 0 Å². The van der Waals surface area contributed by atoms with Crippen LogP contribution in [-0.4, -0.2) is 16.8 Å². The number of nitrogens with zero attached hydrogens (tertiary/aromatic N) is 1. The topological polar surface area (TPSA) is 34.4 Å². The maximum Gasteiger partial charge on any atom is 0.137 e. The van der Waals surface area contributed by atoms with Crippen molar-refractivity contribution >= 4 is 22.5 Å². The Balaban J connectivity index is 1.97. The number of benzene rings is 2. The zero-order chi connectivity index (χ0) is 14.1. The van der Waals surface area contributed by atoms with E-state index >= 15 is 0 Å². The van der Waals surface area contributed by atoms with Gasteiger partial charge in [-0.15, -0.1) is 0 Å². The van der Waals surface area contributed by atoms with Crippen molar-refractivity contribution in [1.29, 1.82) is 0 Å². The summed E-state index contributed by atoms with van der Waals surface area (Å²) in [7, 11) is 1.61. The minimum atomic E-state index is 0.281. The Morgan fingerprint density at radius 1 is 1.15 bits per heavy atom. The molecule has 0 amide bonds. The summed E-state index contributed by atoms with van der Waals surface area (Å²) in [5.41, 5.74) is 2.19. The molecule has 3 rings (SSSR count). The van der Waals surface area contributed by atoms with Gasteiger partial charge in [0.1, 0.15) is 11.5 Å². The largest absolute Gasteiger partial charge is 0.508 e. The van der Waals surface area contributed by atoms with Crippen LogP contribution in [0, 0.1) is 0 Å². The predicted octanol–water partition coefficient (Wildman–Crippen LogP) is 4.06. The predicted molar refractivity (Wildman–Crippen MR) is 80.7 cm³/mol. The van der Waals surface area contributed by atoms with E-state index < -0.39 is 0 Å². The first kappa shape index (κ1) is 12.9. The summed E-state index contributed by atoms with van der Waals surface area (Å²) < 4.78 is 7.36. The molecule has 0 aliphatic rings. The van der Waals surface area contributed by atoms with Crippen molar-refractivity contribution in [2.75, 3.05) is 7.11 Å². The summed E-state index contributed by atoms with van der Waals surface area (Å²) in [5.74, 6) is 0.960. The van der Waals surface area contributed by atoms with Crippen LogP contribution in [0.25, 0.3) is 10.9 Å². The van der Waals surface area contributed by atoms with Gasteiger partial charge in [0.2, 0.25) is 0 Å². The van der Waals surface area contributed by atoms with Crippen LogP contribution in [0.4, 0.5) is 0 Å². The molecule has 3 nitrogen and oxygen atoms in total. The molecule has 0 atom stereocenters. The van der Waals surface area contributed by atoms with Crippen molar-refractivity contribution in [3.63, 3.8) is 0 Å². The Hall–Kier alpha value is -2.13. The molecule has 1 aromatic heterocycles. The number of aromatic nitrogens is 1. The van der Waals surface area contributed by atoms with Gasteiger partial charge in [0, 0.05) is 23.6 Å². The molecule has 0 spiro atoms. The lowest BCUT2D eigenvalue weighted by atomic mass is 10.2. The number of hydrogen-bond donors (Lipinski definition) is 1. The number of methoxy groups -OCH3 is 1. The molecule has 0 fully saturated rings. The van der Waals surface area contributed by atoms with Crippen LogP contribution in [-0.2, 0) is 6.54 Å². The van der Waals surface area contributed by atoms with Crippen LogP contribution in [0.2, 0.25) is 5.02 Å². The summed E-state index contributed by atoms with van der Waals surface area (Å²) in [6, 6.07) is 13.1. The van der Waals surface area contributed by atoms with Crippen LogP contribution >= 0.6 is 11.6 Å². The SMILES string of the molecule is COc1cc(Cn2ccc3cc(O)ccc32)ccc1Cl. The van der Waals surface area contributed by atoms with Crippen molar-refractivity contribution in [3.8, 4) is 11.5 Å². The molecule has 1 heterocycles. The molecule has 0 saturated heterocycles. The molecular formula is C16H14ClNO2. The van der Waals surface area contributed by atoms with Gasteiger partial charge in [-0.2, -0.15) is 0 Å². The fraction of sp³-hybridized carbons (Fsp3) is 0.125. The molecular weight excluding hydrogens is 274 g/mol. The highest BCUT2D eigenvalue weighted by atomic mass is 35.5. The zero-order valence-electron chi connectivity index (χ0n) is 11.0. The van der Waals surface area contributed by atoms with Gasteiger partial charge in [-0.1, -0.05) is 17.7 Å². The van der Waals surface area contributed by atoms with Crippen molar-refractivity contribution < 1.29 is 9.84 Å². The Morgan fingerprint density at radius 2 is 2.00 bits per heavy atom. The van der Waals surface area contributed by atoms with Gasteiger partial charge < -0.3 is 14.4 Å². The van der Waals surface area contributed by atoms with Crippen molar-refractivity contribution in [3.05, 3.63) is 59.2 Å². The second-order valence-corrected chi connectivity index (χ2v) is 5.06. The Kier molecular flexibility index (Phi) is 3.28. The molecule has 2 aromatic carbocycles. The number of hydrogen-bond acceptors (Lipinski definition) is 2. The first-order valence-electron chi connectivity index (χ1n) is 6.27. The molecule has 0 saturated carbocycles. The van der Waals surface area contributed by atoms with Crippen LogP contribution < -0.4 is 4.74 Å². The second kappa shape index (κ2) is 5.10. The molecule has 0 aliphatic carbocycles. The van der Waals surface area contributed by atoms with Gasteiger partial charge in [-0.05, 0) is 42.0 Å². The highest BCUT2D eigenvalue weighted by molar-refractivity contribution is 6.32. The van der Waals surface area contributed by atoms with Crippen molar-refractivity contribution in [2.45, 2.75) is 6.54 Å². The average molecular weight is 288 g/mol. The van der Waals surface area contributed by atoms with Gasteiger partial charge in [0.05, 0.1) is 12.1 Å². The van der Waals surface area contributed by atoms with Gasteiger partial charge in [-0.25, -0.2) is 0 Å². The van der Waals surface area contributed by atoms with E-state index in [9.17, 15) is 5.11 Å². The number of phenols is 1. The lowest BCUT2D eigenvalue weighted by Crippen LogP contribution is -1.98. The third-order valence-corrected chi connectivity index (χ3v) is 3.64. The molecule has 1 N–H and O–H groups in total. The lowest BCUT2D eigenvalue weighted by Gasteiger charge is -2.09. The number of phenolic OH excluding ortho intramolecular Hbond substituents is 1. The lowest BCUT2D eigenvalue weighted by molar-refractivity contribution is 0.414. The van der Waals surface area contributed by atoms with Crippen LogP contribution in [0.5, 0.6) is 11.5 Å². The first-order valence-corrected chi connectivity index (χ1v) is 6.65. The molecule has 3 aromatic rings. The van der Waals surface area contributed by atoms with E-state index in [1.54, 1.807) is 19.2 Å². The summed E-state index contributed by atoms with van der Waals surface area (Å²) in [5, 5.41) is 11.1. The molecule has 0 radical (unpaired) electrons. The smallest absolute Gasteiger partial charge is 0.137 e.